The third-order valence-corrected chi connectivity index (χ3v) is 7.82. The predicted octanol–water partition coefficient (Wildman–Crippen LogP) is 4.21. The van der Waals surface area contributed by atoms with Crippen molar-refractivity contribution < 1.29 is 22.9 Å². The minimum Gasteiger partial charge on any atom is -0.489 e. The van der Waals surface area contributed by atoms with Crippen LogP contribution < -0.4 is 10.1 Å². The summed E-state index contributed by atoms with van der Waals surface area (Å²) in [6.45, 7) is 0.664. The van der Waals surface area contributed by atoms with Gasteiger partial charge in [-0.1, -0.05) is 42.5 Å². The second-order valence-electron chi connectivity index (χ2n) is 8.19. The minimum atomic E-state index is -4.03. The van der Waals surface area contributed by atoms with Gasteiger partial charge in [-0.3, -0.25) is 14.9 Å². The number of carbonyl (C=O) groups is 1. The summed E-state index contributed by atoms with van der Waals surface area (Å²) in [4.78, 5) is 22.9. The Balaban J connectivity index is 1.31. The molecular formula is C25H25N3O6S. The van der Waals surface area contributed by atoms with Crippen molar-refractivity contribution in [1.29, 1.82) is 0 Å². The Hall–Kier alpha value is -3.76. The molecule has 0 unspecified atom stereocenters. The van der Waals surface area contributed by atoms with E-state index in [9.17, 15) is 23.3 Å². The highest BCUT2D eigenvalue weighted by atomic mass is 32.2. The molecule has 9 nitrogen and oxygen atoms in total. The number of rotatable bonds is 8. The highest BCUT2D eigenvalue weighted by Gasteiger charge is 2.35. The maximum Gasteiger partial charge on any atom is 0.289 e. The zero-order valence-corrected chi connectivity index (χ0v) is 19.7. The largest absolute Gasteiger partial charge is 0.489 e. The molecule has 3 aromatic carbocycles. The molecule has 0 spiro atoms. The molecule has 3 aromatic rings. The number of benzene rings is 3. The number of nitro groups is 1. The van der Waals surface area contributed by atoms with Crippen molar-refractivity contribution in [3.05, 3.63) is 94.5 Å². The molecule has 0 radical (unpaired) electrons. The van der Waals surface area contributed by atoms with Gasteiger partial charge in [0.1, 0.15) is 12.4 Å². The van der Waals surface area contributed by atoms with E-state index in [4.69, 9.17) is 4.74 Å². The SMILES string of the molecule is O=C(Nc1ccc(OCc2ccccc2)cc1)C1CCN(S(=O)(=O)c2ccccc2[N+](=O)[O-])CC1. The van der Waals surface area contributed by atoms with Crippen molar-refractivity contribution in [3.63, 3.8) is 0 Å². The molecule has 35 heavy (non-hydrogen) atoms. The van der Waals surface area contributed by atoms with Gasteiger partial charge in [0.15, 0.2) is 4.90 Å². The Kier molecular flexibility index (Phi) is 7.42. The molecule has 4 rings (SSSR count). The molecule has 1 amide bonds. The third-order valence-electron chi connectivity index (χ3n) is 5.87. The number of nitro benzene ring substituents is 1. The number of piperidine rings is 1. The van der Waals surface area contributed by atoms with Crippen LogP contribution in [-0.4, -0.2) is 36.6 Å². The monoisotopic (exact) mass is 495 g/mol. The third kappa shape index (κ3) is 5.84. The van der Waals surface area contributed by atoms with Gasteiger partial charge in [-0.15, -0.1) is 0 Å². The predicted molar refractivity (Wildman–Crippen MR) is 130 cm³/mol. The van der Waals surface area contributed by atoms with Gasteiger partial charge in [0.25, 0.3) is 5.69 Å². The lowest BCUT2D eigenvalue weighted by atomic mass is 9.97. The lowest BCUT2D eigenvalue weighted by Crippen LogP contribution is -2.41. The number of nitrogens with zero attached hydrogens (tertiary/aromatic N) is 2. The first-order valence-electron chi connectivity index (χ1n) is 11.2. The maximum absolute atomic E-state index is 13.0. The quantitative estimate of drug-likeness (QED) is 0.369. The maximum atomic E-state index is 13.0. The average Bonchev–Trinajstić information content (AvgIpc) is 2.89. The van der Waals surface area contributed by atoms with E-state index in [1.807, 2.05) is 30.3 Å². The fourth-order valence-corrected chi connectivity index (χ4v) is 5.57. The van der Waals surface area contributed by atoms with Crippen LogP contribution in [0.5, 0.6) is 5.75 Å². The first kappa shape index (κ1) is 24.4. The summed E-state index contributed by atoms with van der Waals surface area (Å²) in [5.41, 5.74) is 1.22. The van der Waals surface area contributed by atoms with Crippen molar-refractivity contribution in [1.82, 2.24) is 4.31 Å². The highest BCUT2D eigenvalue weighted by Crippen LogP contribution is 2.30. The molecule has 10 heteroatoms. The molecule has 0 bridgehead atoms. The van der Waals surface area contributed by atoms with E-state index in [0.717, 1.165) is 5.56 Å². The zero-order chi connectivity index (χ0) is 24.8. The van der Waals surface area contributed by atoms with Crippen LogP contribution in [0.15, 0.2) is 83.8 Å². The molecule has 1 fully saturated rings. The van der Waals surface area contributed by atoms with Gasteiger partial charge < -0.3 is 10.1 Å². The molecular weight excluding hydrogens is 470 g/mol. The van der Waals surface area contributed by atoms with Crippen molar-refractivity contribution >= 4 is 27.3 Å². The number of hydrogen-bond acceptors (Lipinski definition) is 6. The van der Waals surface area contributed by atoms with E-state index in [1.54, 1.807) is 24.3 Å². The molecule has 0 aromatic heterocycles. The molecule has 1 N–H and O–H groups in total. The van der Waals surface area contributed by atoms with Gasteiger partial charge >= 0.3 is 0 Å². The van der Waals surface area contributed by atoms with Crippen molar-refractivity contribution in [2.24, 2.45) is 5.92 Å². The van der Waals surface area contributed by atoms with Gasteiger partial charge in [-0.2, -0.15) is 4.31 Å². The summed E-state index contributed by atoms with van der Waals surface area (Å²) in [5, 5.41) is 14.1. The average molecular weight is 496 g/mol. The molecule has 1 saturated heterocycles. The molecule has 182 valence electrons. The van der Waals surface area contributed by atoms with Crippen LogP contribution in [0, 0.1) is 16.0 Å². The summed E-state index contributed by atoms with van der Waals surface area (Å²) in [5.74, 6) is 0.132. The summed E-state index contributed by atoms with van der Waals surface area (Å²) in [7, 11) is -4.03. The summed E-state index contributed by atoms with van der Waals surface area (Å²) >= 11 is 0. The van der Waals surface area contributed by atoms with Gasteiger partial charge in [0, 0.05) is 30.8 Å². The topological polar surface area (TPSA) is 119 Å². The number of anilines is 1. The van der Waals surface area contributed by atoms with Gasteiger partial charge in [0.05, 0.1) is 4.92 Å². The zero-order valence-electron chi connectivity index (χ0n) is 18.9. The lowest BCUT2D eigenvalue weighted by Gasteiger charge is -2.30. The standard InChI is InChI=1S/C25H25N3O6S/c29-25(26-21-10-12-22(13-11-21)34-18-19-6-2-1-3-7-19)20-14-16-27(17-15-20)35(32,33)24-9-5-4-8-23(24)28(30)31/h1-13,20H,14-18H2,(H,26,29). The number of nitrogens with one attached hydrogen (secondary N) is 1. The Morgan fingerprint density at radius 3 is 2.26 bits per heavy atom. The van der Waals surface area contributed by atoms with Crippen LogP contribution in [0.3, 0.4) is 0 Å². The van der Waals surface area contributed by atoms with Crippen LogP contribution in [0.4, 0.5) is 11.4 Å². The molecule has 1 heterocycles. The second kappa shape index (κ2) is 10.7. The highest BCUT2D eigenvalue weighted by molar-refractivity contribution is 7.89. The van der Waals surface area contributed by atoms with Gasteiger partial charge in [-0.05, 0) is 48.7 Å². The Bertz CT molecular complexity index is 1290. The van der Waals surface area contributed by atoms with Crippen molar-refractivity contribution in [2.45, 2.75) is 24.3 Å². The van der Waals surface area contributed by atoms with Crippen LogP contribution in [0.2, 0.25) is 0 Å². The first-order valence-corrected chi connectivity index (χ1v) is 12.6. The van der Waals surface area contributed by atoms with Gasteiger partial charge in [0.2, 0.25) is 15.9 Å². The number of carbonyl (C=O) groups excluding carboxylic acids is 1. The number of amides is 1. The number of para-hydroxylation sites is 1. The van der Waals surface area contributed by atoms with Crippen LogP contribution in [-0.2, 0) is 21.4 Å². The van der Waals surface area contributed by atoms with E-state index >= 15 is 0 Å². The molecule has 1 aliphatic heterocycles. The van der Waals surface area contributed by atoms with Crippen molar-refractivity contribution in [3.8, 4) is 5.75 Å². The Labute approximate surface area is 203 Å². The first-order chi connectivity index (χ1) is 16.8. The Morgan fingerprint density at radius 1 is 0.971 bits per heavy atom. The smallest absolute Gasteiger partial charge is 0.289 e. The molecule has 0 atom stereocenters. The van der Waals surface area contributed by atoms with E-state index in [-0.39, 0.29) is 29.8 Å². The van der Waals surface area contributed by atoms with Crippen LogP contribution in [0.1, 0.15) is 18.4 Å². The van der Waals surface area contributed by atoms with Crippen molar-refractivity contribution in [2.75, 3.05) is 18.4 Å². The van der Waals surface area contributed by atoms with Gasteiger partial charge in [-0.25, -0.2) is 8.42 Å². The van der Waals surface area contributed by atoms with E-state index in [0.29, 0.717) is 30.9 Å². The summed E-state index contributed by atoms with van der Waals surface area (Å²) in [6, 6.07) is 22.2. The molecule has 0 aliphatic carbocycles. The Morgan fingerprint density at radius 2 is 1.60 bits per heavy atom. The molecule has 1 aliphatic rings. The van der Waals surface area contributed by atoms with E-state index in [1.165, 1.54) is 28.6 Å². The summed E-state index contributed by atoms with van der Waals surface area (Å²) in [6.07, 6.45) is 0.647. The number of hydrogen-bond donors (Lipinski definition) is 1. The number of sulfonamides is 1. The fraction of sp³-hybridized carbons (Fsp3) is 0.240. The van der Waals surface area contributed by atoms with Crippen LogP contribution >= 0.6 is 0 Å². The van der Waals surface area contributed by atoms with Crippen LogP contribution in [0.25, 0.3) is 0 Å². The fourth-order valence-electron chi connectivity index (χ4n) is 3.94. The summed E-state index contributed by atoms with van der Waals surface area (Å²) < 4.78 is 32.9. The normalized spacial score (nSPS) is 14.9. The number of ether oxygens (including phenoxy) is 1. The van der Waals surface area contributed by atoms with E-state index in [2.05, 4.69) is 5.32 Å². The molecule has 0 saturated carbocycles. The second-order valence-corrected chi connectivity index (χ2v) is 10.1. The van der Waals surface area contributed by atoms with E-state index < -0.39 is 20.6 Å². The minimum absolute atomic E-state index is 0.110. The lowest BCUT2D eigenvalue weighted by molar-refractivity contribution is -0.387.